The number of hydrogen-bond donors (Lipinski definition) is 0. The average Bonchev–Trinajstić information content (AvgIpc) is 3.06. The number of amides is 1. The maximum absolute atomic E-state index is 12.7. The first-order valence-electron chi connectivity index (χ1n) is 11.5. The zero-order chi connectivity index (χ0) is 22.9. The van der Waals surface area contributed by atoms with Gasteiger partial charge < -0.3 is 9.30 Å². The van der Waals surface area contributed by atoms with Gasteiger partial charge in [0.2, 0.25) is 5.91 Å². The Kier molecular flexibility index (Phi) is 5.65. The van der Waals surface area contributed by atoms with Crippen molar-refractivity contribution in [3.05, 3.63) is 69.6 Å². The summed E-state index contributed by atoms with van der Waals surface area (Å²) in [6.07, 6.45) is 6.45. The number of methoxy groups -OCH3 is 1. The number of hydrogen-bond acceptors (Lipinski definition) is 3. The van der Waals surface area contributed by atoms with Crippen molar-refractivity contribution in [1.29, 1.82) is 0 Å². The Morgan fingerprint density at radius 3 is 2.67 bits per heavy atom. The molecule has 3 aromatic rings. The summed E-state index contributed by atoms with van der Waals surface area (Å²) in [5, 5.41) is 4.55. The van der Waals surface area contributed by atoms with Gasteiger partial charge in [-0.1, -0.05) is 49.6 Å². The van der Waals surface area contributed by atoms with Gasteiger partial charge in [-0.15, -0.1) is 0 Å². The first kappa shape index (κ1) is 21.3. The summed E-state index contributed by atoms with van der Waals surface area (Å²) in [6, 6.07) is 13.9. The maximum Gasteiger partial charge on any atom is 0.337 e. The first-order chi connectivity index (χ1) is 16.1. The van der Waals surface area contributed by atoms with Gasteiger partial charge in [-0.2, -0.15) is 0 Å². The lowest BCUT2D eigenvalue weighted by Gasteiger charge is -2.24. The number of esters is 1. The number of azide groups is 1. The number of carbonyl (C=O) groups excluding carboxylic acids is 2. The Hall–Kier alpha value is -3.57. The zero-order valence-corrected chi connectivity index (χ0v) is 18.7. The third kappa shape index (κ3) is 3.68. The number of rotatable bonds is 3. The summed E-state index contributed by atoms with van der Waals surface area (Å²) in [5.74, 6) is -0.883. The predicted molar refractivity (Wildman–Crippen MR) is 126 cm³/mol. The van der Waals surface area contributed by atoms with Crippen LogP contribution in [0, 0.1) is 5.92 Å². The molecular formula is C26H26N4O3. The van der Waals surface area contributed by atoms with Crippen LogP contribution in [0.3, 0.4) is 0 Å². The molecule has 1 amide bonds. The van der Waals surface area contributed by atoms with Gasteiger partial charge in [0, 0.05) is 33.8 Å². The maximum atomic E-state index is 12.7. The van der Waals surface area contributed by atoms with Crippen molar-refractivity contribution < 1.29 is 14.3 Å². The predicted octanol–water partition coefficient (Wildman–Crippen LogP) is 6.15. The van der Waals surface area contributed by atoms with Crippen LogP contribution in [0.2, 0.25) is 0 Å². The zero-order valence-electron chi connectivity index (χ0n) is 18.7. The molecule has 1 aromatic heterocycles. The Morgan fingerprint density at radius 2 is 1.91 bits per heavy atom. The fraction of sp³-hybridized carbons (Fsp3) is 0.385. The molecule has 2 aromatic carbocycles. The van der Waals surface area contributed by atoms with Crippen molar-refractivity contribution in [1.82, 2.24) is 4.57 Å². The van der Waals surface area contributed by atoms with Crippen LogP contribution in [0.25, 0.3) is 32.6 Å². The fourth-order valence-electron chi connectivity index (χ4n) is 5.68. The largest absolute Gasteiger partial charge is 0.465 e. The smallest absolute Gasteiger partial charge is 0.337 e. The quantitative estimate of drug-likeness (QED) is 0.210. The number of ether oxygens (including phenoxy) is 1. The van der Waals surface area contributed by atoms with Gasteiger partial charge in [0.25, 0.3) is 0 Å². The summed E-state index contributed by atoms with van der Waals surface area (Å²) in [5.41, 5.74) is 14.9. The minimum absolute atomic E-state index is 0.387. The molecule has 2 heterocycles. The minimum atomic E-state index is -0.472. The van der Waals surface area contributed by atoms with Crippen molar-refractivity contribution in [3.8, 4) is 11.3 Å². The normalized spacial score (nSPS) is 18.0. The van der Waals surface area contributed by atoms with Crippen LogP contribution in [0.4, 0.5) is 0 Å². The highest BCUT2D eigenvalue weighted by molar-refractivity contribution is 5.99. The van der Waals surface area contributed by atoms with E-state index in [1.807, 2.05) is 30.3 Å². The van der Waals surface area contributed by atoms with E-state index in [9.17, 15) is 9.59 Å². The van der Waals surface area contributed by atoms with Gasteiger partial charge in [0.15, 0.2) is 0 Å². The standard InChI is InChI=1S/C26H26N4O3/c1-33-26(32)18-11-12-21-22(14-18)30-15-19(25(31)28-29-27)13-17-9-5-6-10-20(17)24(30)23(21)16-7-3-2-4-8-16/h5-6,9-12,14,16,19H,2-4,7-8,13,15H2,1H3. The third-order valence-electron chi connectivity index (χ3n) is 7.17. The van der Waals surface area contributed by atoms with Gasteiger partial charge in [-0.25, -0.2) is 4.79 Å². The van der Waals surface area contributed by atoms with Crippen LogP contribution in [0.5, 0.6) is 0 Å². The van der Waals surface area contributed by atoms with Crippen molar-refractivity contribution in [2.75, 3.05) is 7.11 Å². The van der Waals surface area contributed by atoms with E-state index in [1.165, 1.54) is 31.9 Å². The van der Waals surface area contributed by atoms with Crippen LogP contribution in [0.1, 0.15) is 59.5 Å². The summed E-state index contributed by atoms with van der Waals surface area (Å²) in [6.45, 7) is 0.399. The highest BCUT2D eigenvalue weighted by Gasteiger charge is 2.32. The molecule has 33 heavy (non-hydrogen) atoms. The second-order valence-corrected chi connectivity index (χ2v) is 9.02. The van der Waals surface area contributed by atoms with E-state index in [0.717, 1.165) is 40.6 Å². The SMILES string of the molecule is COC(=O)c1ccc2c(C3CCCCC3)c3n(c2c1)CC(C(=O)N=[N+]=[N-])Cc1ccccc1-3. The lowest BCUT2D eigenvalue weighted by Crippen LogP contribution is -2.19. The lowest BCUT2D eigenvalue weighted by atomic mass is 9.81. The highest BCUT2D eigenvalue weighted by Crippen LogP contribution is 2.46. The molecule has 0 saturated heterocycles. The topological polar surface area (TPSA) is 97.1 Å². The Labute approximate surface area is 192 Å². The van der Waals surface area contributed by atoms with Crippen LogP contribution < -0.4 is 0 Å². The summed E-state index contributed by atoms with van der Waals surface area (Å²) in [7, 11) is 1.38. The van der Waals surface area contributed by atoms with Crippen molar-refractivity contribution in [3.63, 3.8) is 0 Å². The van der Waals surface area contributed by atoms with Gasteiger partial charge in [-0.3, -0.25) is 4.79 Å². The van der Waals surface area contributed by atoms with Crippen molar-refractivity contribution in [2.24, 2.45) is 11.0 Å². The number of carbonyl (C=O) groups is 2. The lowest BCUT2D eigenvalue weighted by molar-refractivity contribution is -0.122. The van der Waals surface area contributed by atoms with E-state index < -0.39 is 11.8 Å². The van der Waals surface area contributed by atoms with Gasteiger partial charge in [0.05, 0.1) is 18.4 Å². The molecule has 5 rings (SSSR count). The van der Waals surface area contributed by atoms with Crippen molar-refractivity contribution in [2.45, 2.75) is 51.0 Å². The molecule has 168 valence electrons. The molecule has 0 bridgehead atoms. The molecule has 2 aliphatic rings. The molecular weight excluding hydrogens is 416 g/mol. The molecule has 1 atom stereocenters. The molecule has 0 N–H and O–H groups in total. The van der Waals surface area contributed by atoms with E-state index >= 15 is 0 Å². The van der Waals surface area contributed by atoms with E-state index in [-0.39, 0.29) is 5.97 Å². The number of nitrogens with zero attached hydrogens (tertiary/aromatic N) is 4. The summed E-state index contributed by atoms with van der Waals surface area (Å²) >= 11 is 0. The number of aromatic nitrogens is 1. The molecule has 1 fully saturated rings. The van der Waals surface area contributed by atoms with Gasteiger partial charge in [-0.05, 0) is 59.1 Å². The van der Waals surface area contributed by atoms with Crippen LogP contribution >= 0.6 is 0 Å². The Balaban J connectivity index is 1.82. The molecule has 1 aliphatic carbocycles. The van der Waals surface area contributed by atoms with Gasteiger partial charge >= 0.3 is 5.97 Å². The highest BCUT2D eigenvalue weighted by atomic mass is 16.5. The minimum Gasteiger partial charge on any atom is -0.465 e. The fourth-order valence-corrected chi connectivity index (χ4v) is 5.68. The molecule has 0 radical (unpaired) electrons. The van der Waals surface area contributed by atoms with Gasteiger partial charge in [0.1, 0.15) is 0 Å². The number of benzene rings is 2. The molecule has 1 aliphatic heterocycles. The molecule has 0 spiro atoms. The van der Waals surface area contributed by atoms with Crippen molar-refractivity contribution >= 4 is 22.8 Å². The first-order valence-corrected chi connectivity index (χ1v) is 11.5. The Morgan fingerprint density at radius 1 is 1.12 bits per heavy atom. The molecule has 1 unspecified atom stereocenters. The third-order valence-corrected chi connectivity index (χ3v) is 7.17. The molecule has 7 heteroatoms. The molecule has 7 nitrogen and oxygen atoms in total. The molecule has 1 saturated carbocycles. The van der Waals surface area contributed by atoms with E-state index in [1.54, 1.807) is 0 Å². The average molecular weight is 443 g/mol. The van der Waals surface area contributed by atoms with Crippen LogP contribution in [0.15, 0.2) is 47.6 Å². The second kappa shape index (κ2) is 8.75. The van der Waals surface area contributed by atoms with Crippen LogP contribution in [-0.2, 0) is 22.5 Å². The van der Waals surface area contributed by atoms with E-state index in [2.05, 4.69) is 26.7 Å². The van der Waals surface area contributed by atoms with E-state index in [4.69, 9.17) is 10.3 Å². The summed E-state index contributed by atoms with van der Waals surface area (Å²) in [4.78, 5) is 27.8. The summed E-state index contributed by atoms with van der Waals surface area (Å²) < 4.78 is 7.14. The second-order valence-electron chi connectivity index (χ2n) is 9.02. The number of fused-ring (bicyclic) bond motifs is 5. The van der Waals surface area contributed by atoms with Crippen LogP contribution in [-0.4, -0.2) is 23.6 Å². The monoisotopic (exact) mass is 442 g/mol. The van der Waals surface area contributed by atoms with E-state index in [0.29, 0.717) is 24.4 Å². The Bertz CT molecular complexity index is 1300.